The Balaban J connectivity index is 2.90. The van der Waals surface area contributed by atoms with Gasteiger partial charge in [-0.3, -0.25) is 4.72 Å². The van der Waals surface area contributed by atoms with E-state index in [-0.39, 0.29) is 22.9 Å². The summed E-state index contributed by atoms with van der Waals surface area (Å²) in [5.41, 5.74) is 5.29. The first-order valence-corrected chi connectivity index (χ1v) is 7.22. The van der Waals surface area contributed by atoms with Crippen LogP contribution >= 0.6 is 11.8 Å². The van der Waals surface area contributed by atoms with Crippen molar-refractivity contribution in [2.75, 3.05) is 17.0 Å². The fourth-order valence-corrected chi connectivity index (χ4v) is 2.71. The van der Waals surface area contributed by atoms with Crippen molar-refractivity contribution in [2.24, 2.45) is 5.73 Å². The van der Waals surface area contributed by atoms with Crippen molar-refractivity contribution in [3.63, 3.8) is 0 Å². The Morgan fingerprint density at radius 3 is 2.59 bits per heavy atom. The van der Waals surface area contributed by atoms with Gasteiger partial charge in [0, 0.05) is 11.4 Å². The van der Waals surface area contributed by atoms with Crippen molar-refractivity contribution in [3.05, 3.63) is 24.3 Å². The molecular formula is C9H12F2N2O2S2. The highest BCUT2D eigenvalue weighted by atomic mass is 32.2. The first-order chi connectivity index (χ1) is 7.94. The second-order valence-corrected chi connectivity index (χ2v) is 5.96. The molecule has 0 aliphatic rings. The first-order valence-electron chi connectivity index (χ1n) is 4.69. The predicted molar refractivity (Wildman–Crippen MR) is 64.8 cm³/mol. The number of alkyl halides is 2. The minimum Gasteiger partial charge on any atom is -0.329 e. The van der Waals surface area contributed by atoms with Crippen LogP contribution in [0.2, 0.25) is 0 Å². The Labute approximate surface area is 103 Å². The lowest BCUT2D eigenvalue weighted by Gasteiger charge is -2.11. The number of halogens is 2. The summed E-state index contributed by atoms with van der Waals surface area (Å²) >= 11 is 0.292. The quantitative estimate of drug-likeness (QED) is 0.779. The number of thioether (sulfide) groups is 1. The van der Waals surface area contributed by atoms with Crippen LogP contribution in [0.3, 0.4) is 0 Å². The predicted octanol–water partition coefficient (Wildman–Crippen LogP) is 1.70. The van der Waals surface area contributed by atoms with Gasteiger partial charge in [0.15, 0.2) is 0 Å². The fraction of sp³-hybridized carbons (Fsp3) is 0.333. The van der Waals surface area contributed by atoms with Gasteiger partial charge in [0.05, 0.1) is 11.4 Å². The number of para-hydroxylation sites is 1. The van der Waals surface area contributed by atoms with E-state index in [0.717, 1.165) is 0 Å². The number of sulfonamides is 1. The van der Waals surface area contributed by atoms with E-state index in [9.17, 15) is 17.2 Å². The Kier molecular flexibility index (Phi) is 5.16. The topological polar surface area (TPSA) is 72.2 Å². The van der Waals surface area contributed by atoms with Crippen molar-refractivity contribution in [1.82, 2.24) is 0 Å². The van der Waals surface area contributed by atoms with Crippen LogP contribution in [-0.2, 0) is 10.0 Å². The zero-order valence-electron chi connectivity index (χ0n) is 8.77. The molecular weight excluding hydrogens is 270 g/mol. The zero-order valence-corrected chi connectivity index (χ0v) is 10.4. The van der Waals surface area contributed by atoms with Gasteiger partial charge in [-0.15, -0.1) is 0 Å². The van der Waals surface area contributed by atoms with Crippen LogP contribution in [0.4, 0.5) is 14.5 Å². The van der Waals surface area contributed by atoms with Gasteiger partial charge < -0.3 is 5.73 Å². The maximum Gasteiger partial charge on any atom is 0.288 e. The lowest BCUT2D eigenvalue weighted by Crippen LogP contribution is -2.22. The zero-order chi connectivity index (χ0) is 12.9. The molecule has 1 rings (SSSR count). The monoisotopic (exact) mass is 282 g/mol. The summed E-state index contributed by atoms with van der Waals surface area (Å²) in [6.45, 7) is -0.0283. The van der Waals surface area contributed by atoms with E-state index < -0.39 is 15.8 Å². The molecule has 1 aromatic rings. The van der Waals surface area contributed by atoms with E-state index in [1.54, 1.807) is 12.1 Å². The number of anilines is 1. The van der Waals surface area contributed by atoms with Crippen LogP contribution in [-0.4, -0.2) is 26.5 Å². The van der Waals surface area contributed by atoms with Crippen LogP contribution in [0.25, 0.3) is 0 Å². The summed E-state index contributed by atoms with van der Waals surface area (Å²) in [6, 6.07) is 5.98. The summed E-state index contributed by atoms with van der Waals surface area (Å²) in [6.07, 6.45) is 0. The van der Waals surface area contributed by atoms with E-state index in [1.807, 2.05) is 0 Å². The molecule has 8 heteroatoms. The van der Waals surface area contributed by atoms with Crippen molar-refractivity contribution in [2.45, 2.75) is 10.7 Å². The molecule has 0 amide bonds. The summed E-state index contributed by atoms with van der Waals surface area (Å²) in [4.78, 5) is 0.183. The third-order valence-corrected chi connectivity index (χ3v) is 3.85. The van der Waals surface area contributed by atoms with E-state index >= 15 is 0 Å². The van der Waals surface area contributed by atoms with Gasteiger partial charge in [0.1, 0.15) is 0 Å². The van der Waals surface area contributed by atoms with Crippen molar-refractivity contribution in [3.8, 4) is 0 Å². The molecule has 0 bridgehead atoms. The second-order valence-electron chi connectivity index (χ2n) is 3.08. The second kappa shape index (κ2) is 6.18. The van der Waals surface area contributed by atoms with Gasteiger partial charge in [0.25, 0.3) is 5.76 Å². The normalized spacial score (nSPS) is 11.8. The maximum absolute atomic E-state index is 12.2. The molecule has 3 N–H and O–H groups in total. The average Bonchev–Trinajstić information content (AvgIpc) is 2.19. The molecule has 0 aliphatic heterocycles. The molecule has 0 heterocycles. The Morgan fingerprint density at radius 1 is 1.35 bits per heavy atom. The number of benzene rings is 1. The Bertz CT molecular complexity index is 466. The summed E-state index contributed by atoms with van der Waals surface area (Å²) in [7, 11) is -3.58. The van der Waals surface area contributed by atoms with Gasteiger partial charge in [-0.1, -0.05) is 23.9 Å². The highest BCUT2D eigenvalue weighted by molar-refractivity contribution is 7.99. The van der Waals surface area contributed by atoms with Crippen LogP contribution in [0.1, 0.15) is 0 Å². The standard InChI is InChI=1S/C9H12F2N2O2S2/c10-9(11)16-8-4-2-1-3-7(8)13-17(14,15)6-5-12/h1-4,9,13H,5-6,12H2. The van der Waals surface area contributed by atoms with Gasteiger partial charge >= 0.3 is 0 Å². The third kappa shape index (κ3) is 4.88. The lowest BCUT2D eigenvalue weighted by atomic mass is 10.3. The van der Waals surface area contributed by atoms with E-state index in [1.165, 1.54) is 12.1 Å². The minimum absolute atomic E-state index is 0.0283. The lowest BCUT2D eigenvalue weighted by molar-refractivity contribution is 0.252. The largest absolute Gasteiger partial charge is 0.329 e. The number of nitrogens with two attached hydrogens (primary N) is 1. The Hall–Kier alpha value is -0.860. The molecule has 0 spiro atoms. The number of hydrogen-bond donors (Lipinski definition) is 2. The molecule has 0 aromatic heterocycles. The van der Waals surface area contributed by atoms with Crippen LogP contribution in [0.5, 0.6) is 0 Å². The smallest absolute Gasteiger partial charge is 0.288 e. The average molecular weight is 282 g/mol. The molecule has 0 fully saturated rings. The van der Waals surface area contributed by atoms with Crippen LogP contribution < -0.4 is 10.5 Å². The van der Waals surface area contributed by atoms with Crippen molar-refractivity contribution >= 4 is 27.5 Å². The molecule has 0 atom stereocenters. The number of hydrogen-bond acceptors (Lipinski definition) is 4. The summed E-state index contributed by atoms with van der Waals surface area (Å²) in [5, 5.41) is 0. The fourth-order valence-electron chi connectivity index (χ4n) is 1.12. The Morgan fingerprint density at radius 2 is 2.00 bits per heavy atom. The van der Waals surface area contributed by atoms with E-state index in [0.29, 0.717) is 11.8 Å². The summed E-state index contributed by atoms with van der Waals surface area (Å²) < 4.78 is 49.6. The molecule has 0 radical (unpaired) electrons. The van der Waals surface area contributed by atoms with Gasteiger partial charge in [-0.25, -0.2) is 8.42 Å². The molecule has 0 saturated heterocycles. The molecule has 96 valence electrons. The molecule has 4 nitrogen and oxygen atoms in total. The molecule has 0 saturated carbocycles. The number of rotatable bonds is 6. The van der Waals surface area contributed by atoms with E-state index in [2.05, 4.69) is 4.72 Å². The third-order valence-electron chi connectivity index (χ3n) is 1.76. The van der Waals surface area contributed by atoms with Gasteiger partial charge in [-0.2, -0.15) is 8.78 Å². The first kappa shape index (κ1) is 14.2. The van der Waals surface area contributed by atoms with Gasteiger partial charge in [0.2, 0.25) is 10.0 Å². The number of nitrogens with one attached hydrogen (secondary N) is 1. The molecule has 17 heavy (non-hydrogen) atoms. The van der Waals surface area contributed by atoms with Gasteiger partial charge in [-0.05, 0) is 12.1 Å². The van der Waals surface area contributed by atoms with E-state index in [4.69, 9.17) is 5.73 Å². The SMILES string of the molecule is NCCS(=O)(=O)Nc1ccccc1SC(F)F. The highest BCUT2D eigenvalue weighted by Gasteiger charge is 2.14. The molecule has 0 unspecified atom stereocenters. The van der Waals surface area contributed by atoms with Crippen LogP contribution in [0.15, 0.2) is 29.2 Å². The molecule has 1 aromatic carbocycles. The van der Waals surface area contributed by atoms with Crippen LogP contribution in [0, 0.1) is 0 Å². The highest BCUT2D eigenvalue weighted by Crippen LogP contribution is 2.32. The van der Waals surface area contributed by atoms with Crippen molar-refractivity contribution in [1.29, 1.82) is 0 Å². The maximum atomic E-state index is 12.2. The minimum atomic E-state index is -3.58. The molecule has 0 aliphatic carbocycles. The van der Waals surface area contributed by atoms with Crippen molar-refractivity contribution < 1.29 is 17.2 Å². The summed E-state index contributed by atoms with van der Waals surface area (Å²) in [5.74, 6) is -2.85.